The number of halogens is 4. The zero-order valence-electron chi connectivity index (χ0n) is 2.83. The van der Waals surface area contributed by atoms with E-state index in [0.29, 0.717) is 18.2 Å². The number of hydrogen-bond donors (Lipinski definition) is 0. The first-order chi connectivity index (χ1) is 2.73. The number of rotatable bonds is 0. The summed E-state index contributed by atoms with van der Waals surface area (Å²) in [4.78, 5) is 0. The fourth-order valence-electron chi connectivity index (χ4n) is 0. The van der Waals surface area contributed by atoms with Crippen LogP contribution in [-0.2, 0) is 0 Å². The zero-order chi connectivity index (χ0) is 5.58. The van der Waals surface area contributed by atoms with Gasteiger partial charge in [0.05, 0.1) is 0 Å². The van der Waals surface area contributed by atoms with E-state index < -0.39 is 34.6 Å². The molecule has 0 aliphatic heterocycles. The summed E-state index contributed by atoms with van der Waals surface area (Å²) in [5.74, 6) is 0. The maximum absolute atomic E-state index is 9.82. The van der Waals surface area contributed by atoms with Crippen molar-refractivity contribution in [1.82, 2.24) is 0 Å². The molecule has 0 spiro atoms. The Morgan fingerprint density at radius 1 is 1.00 bits per heavy atom. The summed E-state index contributed by atoms with van der Waals surface area (Å²) in [6.45, 7) is 0. The monoisotopic (exact) mass is 247 g/mol. The molecule has 0 nitrogen and oxygen atoms in total. The van der Waals surface area contributed by atoms with E-state index in [9.17, 15) is 7.32 Å². The summed E-state index contributed by atoms with van der Waals surface area (Å²) >= 11 is -4.27. The first-order valence-corrected chi connectivity index (χ1v) is 3.04. The summed E-state index contributed by atoms with van der Waals surface area (Å²) in [7, 11) is 0. The summed E-state index contributed by atoms with van der Waals surface area (Å²) in [6.07, 6.45) is 0. The topological polar surface area (TPSA) is 0 Å². The van der Waals surface area contributed by atoms with E-state index in [-0.39, 0.29) is 0 Å². The molecule has 0 aliphatic carbocycles. The van der Waals surface area contributed by atoms with Crippen molar-refractivity contribution in [2.24, 2.45) is 0 Å². The Labute approximate surface area is 59.4 Å². The molecule has 0 heterocycles. The van der Waals surface area contributed by atoms with Crippen molar-refractivity contribution >= 4 is 18.2 Å². The molecule has 0 aromatic rings. The molecule has 6 heavy (non-hydrogen) atoms. The third-order valence-corrected chi connectivity index (χ3v) is 0. The van der Waals surface area contributed by atoms with Crippen molar-refractivity contribution in [3.05, 3.63) is 0 Å². The fraction of sp³-hybridized carbons (Fsp3) is 0. The fourth-order valence-corrected chi connectivity index (χ4v) is 0. The molecule has 0 amide bonds. The van der Waals surface area contributed by atoms with Gasteiger partial charge in [-0.2, -0.15) is 0 Å². The Morgan fingerprint density at radius 3 is 1.00 bits per heavy atom. The van der Waals surface area contributed by atoms with Gasteiger partial charge in [0.25, 0.3) is 0 Å². The van der Waals surface area contributed by atoms with Crippen molar-refractivity contribution in [2.45, 2.75) is 0 Å². The van der Waals surface area contributed by atoms with Crippen molar-refractivity contribution in [3.63, 3.8) is 0 Å². The first kappa shape index (κ1) is 10.5. The quantitative estimate of drug-likeness (QED) is 0.446. The van der Waals surface area contributed by atoms with Crippen molar-refractivity contribution < 1.29 is 41.9 Å². The predicted molar refractivity (Wildman–Crippen MR) is 10.2 cm³/mol. The second-order valence-electron chi connectivity index (χ2n) is 0.136. The van der Waals surface area contributed by atoms with E-state index >= 15 is 0 Å². The summed E-state index contributed by atoms with van der Waals surface area (Å²) < 4.78 is 39.0. The van der Waals surface area contributed by atoms with E-state index in [4.69, 9.17) is 0 Å². The molecule has 0 N–H and O–H groups in total. The second kappa shape index (κ2) is 9.77. The van der Waals surface area contributed by atoms with E-state index in [1.807, 2.05) is 0 Å². The van der Waals surface area contributed by atoms with Gasteiger partial charge in [-0.05, 0) is 0 Å². The standard InChI is InChI=1S/Dy.4FH.Li/h;4*1H;/q+3;;;;;+1/p-4. The Kier molecular flexibility index (Phi) is 17.2. The van der Waals surface area contributed by atoms with Gasteiger partial charge >= 0.3 is 60.2 Å². The van der Waals surface area contributed by atoms with Crippen LogP contribution < -0.4 is 0 Å². The third kappa shape index (κ3) is 46.6. The minimum absolute atomic E-state index is 0.500. The molecule has 0 saturated heterocycles. The molecule has 0 rings (SSSR count). The van der Waals surface area contributed by atoms with Gasteiger partial charge in [-0.15, -0.1) is 0 Å². The Bertz CT molecular complexity index is 12.3. The maximum atomic E-state index is 9.82. The van der Waals surface area contributed by atoms with Crippen LogP contribution in [-0.4, -0.2) is 18.2 Å². The molecular formula is DyF4Li. The molecule has 6 heteroatoms. The summed E-state index contributed by atoms with van der Waals surface area (Å²) in [5, 5.41) is 0. The van der Waals surface area contributed by atoms with Crippen LogP contribution in [0.25, 0.3) is 0 Å². The Hall–Kier alpha value is 1.59. The van der Waals surface area contributed by atoms with Gasteiger partial charge in [0.15, 0.2) is 0 Å². The van der Waals surface area contributed by atoms with Crippen LogP contribution in [0.2, 0.25) is 0 Å². The minimum atomic E-state index is -4.77. The van der Waals surface area contributed by atoms with Crippen LogP contribution >= 0.6 is 0 Å². The number of hydrogen-bond acceptors (Lipinski definition) is 0. The van der Waals surface area contributed by atoms with Gasteiger partial charge in [-0.3, -0.25) is 0 Å². The van der Waals surface area contributed by atoms with E-state index in [1.54, 1.807) is 0 Å². The van der Waals surface area contributed by atoms with Crippen molar-refractivity contribution in [1.29, 1.82) is 0 Å². The van der Waals surface area contributed by atoms with E-state index in [1.165, 1.54) is 0 Å². The van der Waals surface area contributed by atoms with Crippen LogP contribution in [0.5, 0.6) is 0 Å². The molecule has 0 radical (unpaired) electrons. The molecule has 0 saturated carbocycles. The van der Waals surface area contributed by atoms with Crippen LogP contribution in [0.3, 0.4) is 0 Å². The van der Waals surface area contributed by atoms with Crippen LogP contribution in [0.4, 0.5) is 7.32 Å². The zero-order valence-corrected chi connectivity index (χ0v) is 4.86. The molecule has 39 valence electrons. The molecule has 0 atom stereocenters. The molecule has 0 fully saturated rings. The van der Waals surface area contributed by atoms with Crippen molar-refractivity contribution in [2.75, 3.05) is 0 Å². The molecule has 0 aromatic carbocycles. The van der Waals surface area contributed by atoms with Gasteiger partial charge in [-0.1, -0.05) is 0 Å². The summed E-state index contributed by atoms with van der Waals surface area (Å²) in [6, 6.07) is 0. The second-order valence-corrected chi connectivity index (χ2v) is 1.01. The van der Waals surface area contributed by atoms with Gasteiger partial charge in [0.2, 0.25) is 0 Å². The molecule has 0 unspecified atom stereocenters. The van der Waals surface area contributed by atoms with Crippen LogP contribution in [0.1, 0.15) is 0 Å². The van der Waals surface area contributed by atoms with E-state index in [0.717, 1.165) is 0 Å². The normalized spacial score (nSPS) is 8.67. The third-order valence-electron chi connectivity index (χ3n) is 0. The van der Waals surface area contributed by atoms with Crippen LogP contribution in [0, 0.1) is 34.6 Å². The van der Waals surface area contributed by atoms with Gasteiger partial charge in [-0.25, -0.2) is 0 Å². The van der Waals surface area contributed by atoms with Crippen molar-refractivity contribution in [3.8, 4) is 0 Å². The molecule has 0 aliphatic rings. The van der Waals surface area contributed by atoms with E-state index in [2.05, 4.69) is 0 Å². The Balaban J connectivity index is 0. The molecule has 0 aromatic heterocycles. The van der Waals surface area contributed by atoms with Gasteiger partial charge in [0, 0.05) is 0 Å². The molecular weight excluding hydrogens is 245 g/mol. The van der Waals surface area contributed by atoms with Gasteiger partial charge in [0.1, 0.15) is 0 Å². The average Bonchev–Trinajstić information content (AvgIpc) is 1.41. The summed E-state index contributed by atoms with van der Waals surface area (Å²) in [5.41, 5.74) is 0. The molecule has 0 bridgehead atoms. The van der Waals surface area contributed by atoms with Gasteiger partial charge < -0.3 is 0 Å². The van der Waals surface area contributed by atoms with Crippen LogP contribution in [0.15, 0.2) is 0 Å². The average molecular weight is 245 g/mol. The predicted octanol–water partition coefficient (Wildman–Crippen LogP) is 1.30. The first-order valence-electron chi connectivity index (χ1n) is 0.737. The SMILES string of the molecule is [F][Dy]([F])[F].[Li][F]. The Morgan fingerprint density at radius 2 is 1.00 bits per heavy atom.